The van der Waals surface area contributed by atoms with E-state index in [1.54, 1.807) is 24.3 Å². The van der Waals surface area contributed by atoms with Gasteiger partial charge in [-0.05, 0) is 50.1 Å². The van der Waals surface area contributed by atoms with Gasteiger partial charge >= 0.3 is 5.97 Å². The highest BCUT2D eigenvalue weighted by atomic mass is 35.5. The maximum absolute atomic E-state index is 12.2. The summed E-state index contributed by atoms with van der Waals surface area (Å²) in [7, 11) is 0. The molecule has 0 unspecified atom stereocenters. The number of carbonyl (C=O) groups excluding carboxylic acids is 2. The van der Waals surface area contributed by atoms with Gasteiger partial charge in [0.25, 0.3) is 5.91 Å². The molecule has 1 atom stereocenters. The molecule has 130 valence electrons. The second-order valence-electron chi connectivity index (χ2n) is 5.78. The number of halogens is 1. The summed E-state index contributed by atoms with van der Waals surface area (Å²) in [6.07, 6.45) is 2.04. The maximum Gasteiger partial charge on any atom is 0.331 e. The van der Waals surface area contributed by atoms with E-state index < -0.39 is 18.0 Å². The summed E-state index contributed by atoms with van der Waals surface area (Å²) in [6, 6.07) is 12.9. The molecule has 2 aromatic rings. The van der Waals surface area contributed by atoms with Gasteiger partial charge in [-0.2, -0.15) is 0 Å². The Morgan fingerprint density at radius 1 is 1.16 bits per heavy atom. The number of nitrogens with one attached hydrogen (secondary N) is 1. The van der Waals surface area contributed by atoms with Gasteiger partial charge < -0.3 is 10.1 Å². The molecule has 0 aliphatic heterocycles. The Morgan fingerprint density at radius 2 is 1.92 bits per heavy atom. The molecule has 2 rings (SSSR count). The van der Waals surface area contributed by atoms with E-state index in [0.717, 1.165) is 16.7 Å². The zero-order valence-electron chi connectivity index (χ0n) is 14.4. The normalized spacial score (nSPS) is 12.0. The summed E-state index contributed by atoms with van der Waals surface area (Å²) in [5, 5.41) is 3.23. The van der Waals surface area contributed by atoms with E-state index in [1.165, 1.54) is 13.0 Å². The van der Waals surface area contributed by atoms with Crippen LogP contribution in [0.2, 0.25) is 5.02 Å². The van der Waals surface area contributed by atoms with Gasteiger partial charge in [0.05, 0.1) is 0 Å². The molecule has 25 heavy (non-hydrogen) atoms. The third-order valence-corrected chi connectivity index (χ3v) is 3.81. The molecule has 0 saturated carbocycles. The van der Waals surface area contributed by atoms with Crippen molar-refractivity contribution in [2.45, 2.75) is 26.9 Å². The van der Waals surface area contributed by atoms with E-state index in [4.69, 9.17) is 16.3 Å². The molecule has 1 amide bonds. The molecule has 0 fully saturated rings. The molecule has 4 nitrogen and oxygen atoms in total. The Kier molecular flexibility index (Phi) is 6.37. The largest absolute Gasteiger partial charge is 0.449 e. The molecule has 0 aromatic heterocycles. The summed E-state index contributed by atoms with van der Waals surface area (Å²) in [5.74, 6) is -0.991. The van der Waals surface area contributed by atoms with E-state index in [9.17, 15) is 9.59 Å². The maximum atomic E-state index is 12.2. The van der Waals surface area contributed by atoms with Gasteiger partial charge in [-0.25, -0.2) is 4.79 Å². The molecule has 0 spiro atoms. The smallest absolute Gasteiger partial charge is 0.331 e. The Morgan fingerprint density at radius 3 is 2.64 bits per heavy atom. The van der Waals surface area contributed by atoms with Crippen LogP contribution < -0.4 is 5.32 Å². The van der Waals surface area contributed by atoms with Crippen molar-refractivity contribution in [1.82, 2.24) is 0 Å². The highest BCUT2D eigenvalue weighted by Gasteiger charge is 2.17. The van der Waals surface area contributed by atoms with Crippen LogP contribution in [0.5, 0.6) is 0 Å². The third-order valence-electron chi connectivity index (χ3n) is 3.57. The predicted molar refractivity (Wildman–Crippen MR) is 101 cm³/mol. The van der Waals surface area contributed by atoms with Gasteiger partial charge in [0.2, 0.25) is 0 Å². The Hall–Kier alpha value is -2.59. The molecule has 0 aliphatic carbocycles. The molecular formula is C20H20ClNO3. The van der Waals surface area contributed by atoms with Crippen LogP contribution in [0.4, 0.5) is 5.69 Å². The van der Waals surface area contributed by atoms with Crippen molar-refractivity contribution in [1.29, 1.82) is 0 Å². The number of amides is 1. The number of hydrogen-bond donors (Lipinski definition) is 1. The first-order valence-electron chi connectivity index (χ1n) is 7.87. The number of rotatable bonds is 5. The Bertz CT molecular complexity index is 814. The van der Waals surface area contributed by atoms with Gasteiger partial charge in [-0.15, -0.1) is 0 Å². The second-order valence-corrected chi connectivity index (χ2v) is 6.21. The van der Waals surface area contributed by atoms with Crippen LogP contribution >= 0.6 is 11.6 Å². The quantitative estimate of drug-likeness (QED) is 0.631. The van der Waals surface area contributed by atoms with Gasteiger partial charge in [-0.1, -0.05) is 47.5 Å². The molecule has 0 aliphatic rings. The SMILES string of the molecule is Cc1cccc(/C=C/C(=O)O[C@@H](C)C(=O)Nc2cc(Cl)ccc2C)c1. The topological polar surface area (TPSA) is 55.4 Å². The number of anilines is 1. The molecule has 0 heterocycles. The van der Waals surface area contributed by atoms with Crippen LogP contribution in [0, 0.1) is 13.8 Å². The van der Waals surface area contributed by atoms with E-state index in [0.29, 0.717) is 10.7 Å². The predicted octanol–water partition coefficient (Wildman–Crippen LogP) is 4.54. The lowest BCUT2D eigenvalue weighted by Crippen LogP contribution is -2.29. The van der Waals surface area contributed by atoms with Crippen LogP contribution in [-0.2, 0) is 14.3 Å². The van der Waals surface area contributed by atoms with Crippen LogP contribution in [0.1, 0.15) is 23.6 Å². The fourth-order valence-electron chi connectivity index (χ4n) is 2.17. The van der Waals surface area contributed by atoms with Crippen molar-refractivity contribution in [3.05, 3.63) is 70.3 Å². The highest BCUT2D eigenvalue weighted by molar-refractivity contribution is 6.31. The molecular weight excluding hydrogens is 338 g/mol. The van der Waals surface area contributed by atoms with Crippen molar-refractivity contribution in [3.8, 4) is 0 Å². The van der Waals surface area contributed by atoms with E-state index in [1.807, 2.05) is 38.1 Å². The number of carbonyl (C=O) groups is 2. The lowest BCUT2D eigenvalue weighted by Gasteiger charge is -2.14. The van der Waals surface area contributed by atoms with Crippen molar-refractivity contribution in [2.75, 3.05) is 5.32 Å². The molecule has 5 heteroatoms. The summed E-state index contributed by atoms with van der Waals surface area (Å²) in [4.78, 5) is 24.1. The summed E-state index contributed by atoms with van der Waals surface area (Å²) in [5.41, 5.74) is 3.45. The van der Waals surface area contributed by atoms with Crippen molar-refractivity contribution in [3.63, 3.8) is 0 Å². The van der Waals surface area contributed by atoms with Crippen LogP contribution in [0.3, 0.4) is 0 Å². The molecule has 0 bridgehead atoms. The van der Waals surface area contributed by atoms with E-state index >= 15 is 0 Å². The minimum atomic E-state index is -0.923. The first-order chi connectivity index (χ1) is 11.8. The van der Waals surface area contributed by atoms with Gasteiger partial charge in [0, 0.05) is 16.8 Å². The first-order valence-corrected chi connectivity index (χ1v) is 8.25. The van der Waals surface area contributed by atoms with E-state index in [2.05, 4.69) is 5.32 Å². The fourth-order valence-corrected chi connectivity index (χ4v) is 2.34. The Labute approximate surface area is 152 Å². The minimum absolute atomic E-state index is 0.414. The molecule has 2 aromatic carbocycles. The first kappa shape index (κ1) is 18.7. The minimum Gasteiger partial charge on any atom is -0.449 e. The lowest BCUT2D eigenvalue weighted by molar-refractivity contribution is -0.148. The fraction of sp³-hybridized carbons (Fsp3) is 0.200. The third kappa shape index (κ3) is 5.76. The van der Waals surface area contributed by atoms with E-state index in [-0.39, 0.29) is 0 Å². The summed E-state index contributed by atoms with van der Waals surface area (Å²) >= 11 is 5.93. The summed E-state index contributed by atoms with van der Waals surface area (Å²) in [6.45, 7) is 5.35. The second kappa shape index (κ2) is 8.49. The van der Waals surface area contributed by atoms with Gasteiger partial charge in [-0.3, -0.25) is 4.79 Å². The molecule has 0 saturated heterocycles. The van der Waals surface area contributed by atoms with Gasteiger partial charge in [0.1, 0.15) is 0 Å². The molecule has 0 radical (unpaired) electrons. The van der Waals surface area contributed by atoms with Crippen LogP contribution in [0.15, 0.2) is 48.5 Å². The number of benzene rings is 2. The average Bonchev–Trinajstić information content (AvgIpc) is 2.56. The monoisotopic (exact) mass is 357 g/mol. The number of aryl methyl sites for hydroxylation is 2. The highest BCUT2D eigenvalue weighted by Crippen LogP contribution is 2.20. The average molecular weight is 358 g/mol. The Balaban J connectivity index is 1.94. The molecule has 1 N–H and O–H groups in total. The zero-order chi connectivity index (χ0) is 18.4. The lowest BCUT2D eigenvalue weighted by atomic mass is 10.1. The van der Waals surface area contributed by atoms with Crippen molar-refractivity contribution in [2.24, 2.45) is 0 Å². The number of esters is 1. The number of hydrogen-bond acceptors (Lipinski definition) is 3. The summed E-state index contributed by atoms with van der Waals surface area (Å²) < 4.78 is 5.14. The van der Waals surface area contributed by atoms with Crippen LogP contribution in [-0.4, -0.2) is 18.0 Å². The zero-order valence-corrected chi connectivity index (χ0v) is 15.1. The standard InChI is InChI=1S/C20H20ClNO3/c1-13-5-4-6-16(11-13)8-10-19(23)25-15(3)20(24)22-18-12-17(21)9-7-14(18)2/h4-12,15H,1-3H3,(H,22,24)/b10-8+/t15-/m0/s1. The van der Waals surface area contributed by atoms with Gasteiger partial charge in [0.15, 0.2) is 6.10 Å². The van der Waals surface area contributed by atoms with Crippen LogP contribution in [0.25, 0.3) is 6.08 Å². The number of ether oxygens (including phenoxy) is 1. The van der Waals surface area contributed by atoms with Crippen molar-refractivity contribution < 1.29 is 14.3 Å². The van der Waals surface area contributed by atoms with Crippen molar-refractivity contribution >= 4 is 35.2 Å².